The first-order valence-corrected chi connectivity index (χ1v) is 4.78. The molecule has 0 saturated heterocycles. The van der Waals surface area contributed by atoms with E-state index < -0.39 is 0 Å². The third-order valence-electron chi connectivity index (χ3n) is 2.60. The van der Waals surface area contributed by atoms with E-state index in [1.807, 2.05) is 18.2 Å². The van der Waals surface area contributed by atoms with Crippen molar-refractivity contribution in [1.29, 1.82) is 5.26 Å². The number of nitrogens with one attached hydrogen (secondary N) is 1. The molecule has 1 aromatic carbocycles. The Morgan fingerprint density at radius 1 is 1.44 bits per heavy atom. The van der Waals surface area contributed by atoms with Crippen LogP contribution in [0.25, 0.3) is 10.9 Å². The summed E-state index contributed by atoms with van der Waals surface area (Å²) >= 11 is 0. The lowest BCUT2D eigenvalue weighted by atomic mass is 10.1. The van der Waals surface area contributed by atoms with Gasteiger partial charge in [-0.05, 0) is 18.6 Å². The number of methoxy groups -OCH3 is 1. The largest absolute Gasteiger partial charge is 0.495 e. The SMILES string of the molecule is COc1cccc2c(C)c(C#N)c(=O)[nH]c12. The Hall–Kier alpha value is -2.28. The molecule has 2 rings (SSSR count). The summed E-state index contributed by atoms with van der Waals surface area (Å²) in [5.74, 6) is 0.599. The number of nitrogens with zero attached hydrogens (tertiary/aromatic N) is 1. The number of hydrogen-bond acceptors (Lipinski definition) is 3. The number of aryl methyl sites for hydroxylation is 1. The third kappa shape index (κ3) is 1.34. The first-order valence-electron chi connectivity index (χ1n) is 4.78. The number of aromatic amines is 1. The zero-order valence-electron chi connectivity index (χ0n) is 9.00. The predicted molar refractivity (Wildman–Crippen MR) is 60.6 cm³/mol. The van der Waals surface area contributed by atoms with E-state index in [0.29, 0.717) is 16.8 Å². The molecule has 4 nitrogen and oxygen atoms in total. The summed E-state index contributed by atoms with van der Waals surface area (Å²) in [6.07, 6.45) is 0. The minimum Gasteiger partial charge on any atom is -0.495 e. The van der Waals surface area contributed by atoms with E-state index in [1.165, 1.54) is 0 Å². The van der Waals surface area contributed by atoms with Crippen LogP contribution >= 0.6 is 0 Å². The van der Waals surface area contributed by atoms with Gasteiger partial charge in [-0.1, -0.05) is 12.1 Å². The number of para-hydroxylation sites is 1. The van der Waals surface area contributed by atoms with Crippen molar-refractivity contribution < 1.29 is 4.74 Å². The van der Waals surface area contributed by atoms with Crippen LogP contribution in [0, 0.1) is 18.3 Å². The van der Waals surface area contributed by atoms with Gasteiger partial charge in [0.25, 0.3) is 5.56 Å². The highest BCUT2D eigenvalue weighted by Gasteiger charge is 2.10. The standard InChI is InChI=1S/C12H10N2O2/c1-7-8-4-3-5-10(16-2)11(8)14-12(15)9(7)6-13/h3-5H,1-2H3,(H,14,15). The van der Waals surface area contributed by atoms with Gasteiger partial charge in [0.2, 0.25) is 0 Å². The summed E-state index contributed by atoms with van der Waals surface area (Å²) in [6, 6.07) is 7.35. The van der Waals surface area contributed by atoms with Crippen molar-refractivity contribution in [3.05, 3.63) is 39.7 Å². The Morgan fingerprint density at radius 2 is 2.19 bits per heavy atom. The van der Waals surface area contributed by atoms with Gasteiger partial charge in [-0.3, -0.25) is 4.79 Å². The number of pyridine rings is 1. The zero-order valence-corrected chi connectivity index (χ0v) is 9.00. The van der Waals surface area contributed by atoms with Crippen molar-refractivity contribution in [1.82, 2.24) is 4.98 Å². The van der Waals surface area contributed by atoms with Gasteiger partial charge >= 0.3 is 0 Å². The van der Waals surface area contributed by atoms with Crippen LogP contribution in [0.4, 0.5) is 0 Å². The summed E-state index contributed by atoms with van der Waals surface area (Å²) in [5, 5.41) is 9.71. The van der Waals surface area contributed by atoms with Gasteiger partial charge in [0, 0.05) is 5.39 Å². The van der Waals surface area contributed by atoms with E-state index in [0.717, 1.165) is 5.39 Å². The van der Waals surface area contributed by atoms with E-state index in [4.69, 9.17) is 10.00 Å². The molecule has 0 unspecified atom stereocenters. The number of fused-ring (bicyclic) bond motifs is 1. The molecular weight excluding hydrogens is 204 g/mol. The second kappa shape index (κ2) is 3.70. The molecule has 1 aromatic heterocycles. The molecule has 0 spiro atoms. The number of hydrogen-bond donors (Lipinski definition) is 1. The molecule has 0 aliphatic heterocycles. The number of ether oxygens (including phenoxy) is 1. The summed E-state index contributed by atoms with van der Waals surface area (Å²) < 4.78 is 5.16. The lowest BCUT2D eigenvalue weighted by molar-refractivity contribution is 0.419. The van der Waals surface area contributed by atoms with Crippen LogP contribution in [0.1, 0.15) is 11.1 Å². The molecule has 0 fully saturated rings. The molecule has 0 amide bonds. The number of nitriles is 1. The number of rotatable bonds is 1. The van der Waals surface area contributed by atoms with Crippen molar-refractivity contribution in [2.45, 2.75) is 6.92 Å². The fourth-order valence-corrected chi connectivity index (χ4v) is 1.76. The molecule has 1 N–H and O–H groups in total. The van der Waals surface area contributed by atoms with Crippen molar-refractivity contribution in [3.8, 4) is 11.8 Å². The smallest absolute Gasteiger partial charge is 0.266 e. The average Bonchev–Trinajstić information content (AvgIpc) is 2.29. The van der Waals surface area contributed by atoms with Gasteiger partial charge in [-0.25, -0.2) is 0 Å². The summed E-state index contributed by atoms with van der Waals surface area (Å²) in [5.41, 5.74) is 1.09. The topological polar surface area (TPSA) is 65.9 Å². The first-order chi connectivity index (χ1) is 7.69. The third-order valence-corrected chi connectivity index (χ3v) is 2.60. The normalized spacial score (nSPS) is 10.1. The summed E-state index contributed by atoms with van der Waals surface area (Å²) in [7, 11) is 1.54. The highest BCUT2D eigenvalue weighted by molar-refractivity contribution is 5.88. The minimum absolute atomic E-state index is 0.153. The van der Waals surface area contributed by atoms with E-state index >= 15 is 0 Å². The molecule has 0 radical (unpaired) electrons. The van der Waals surface area contributed by atoms with E-state index in [-0.39, 0.29) is 11.1 Å². The zero-order chi connectivity index (χ0) is 11.7. The maximum atomic E-state index is 11.6. The molecule has 80 valence electrons. The summed E-state index contributed by atoms with van der Waals surface area (Å²) in [4.78, 5) is 14.3. The lowest BCUT2D eigenvalue weighted by Crippen LogP contribution is -2.12. The lowest BCUT2D eigenvalue weighted by Gasteiger charge is -2.07. The van der Waals surface area contributed by atoms with Gasteiger partial charge in [-0.2, -0.15) is 5.26 Å². The van der Waals surface area contributed by atoms with Crippen molar-refractivity contribution in [3.63, 3.8) is 0 Å². The van der Waals surface area contributed by atoms with E-state index in [1.54, 1.807) is 20.1 Å². The van der Waals surface area contributed by atoms with Gasteiger partial charge in [0.1, 0.15) is 17.4 Å². The molecular formula is C12H10N2O2. The highest BCUT2D eigenvalue weighted by Crippen LogP contribution is 2.25. The molecule has 0 aliphatic rings. The van der Waals surface area contributed by atoms with Crippen molar-refractivity contribution in [2.24, 2.45) is 0 Å². The maximum Gasteiger partial charge on any atom is 0.266 e. The fraction of sp³-hybridized carbons (Fsp3) is 0.167. The molecule has 0 saturated carbocycles. The monoisotopic (exact) mass is 214 g/mol. The van der Waals surface area contributed by atoms with E-state index in [2.05, 4.69) is 4.98 Å². The Kier molecular flexibility index (Phi) is 2.37. The van der Waals surface area contributed by atoms with Crippen molar-refractivity contribution in [2.75, 3.05) is 7.11 Å². The molecule has 1 heterocycles. The van der Waals surface area contributed by atoms with Crippen LogP contribution in [0.15, 0.2) is 23.0 Å². The first kappa shape index (κ1) is 10.2. The second-order valence-corrected chi connectivity index (χ2v) is 3.45. The van der Waals surface area contributed by atoms with Crippen LogP contribution in [0.2, 0.25) is 0 Å². The molecule has 0 bridgehead atoms. The molecule has 2 aromatic rings. The number of H-pyrrole nitrogens is 1. The van der Waals surface area contributed by atoms with Gasteiger partial charge < -0.3 is 9.72 Å². The predicted octanol–water partition coefficient (Wildman–Crippen LogP) is 1.72. The van der Waals surface area contributed by atoms with Crippen molar-refractivity contribution >= 4 is 10.9 Å². The second-order valence-electron chi connectivity index (χ2n) is 3.45. The molecule has 0 atom stereocenters. The summed E-state index contributed by atoms with van der Waals surface area (Å²) in [6.45, 7) is 1.76. The van der Waals surface area contributed by atoms with Crippen LogP contribution in [-0.2, 0) is 0 Å². The van der Waals surface area contributed by atoms with E-state index in [9.17, 15) is 4.79 Å². The fourth-order valence-electron chi connectivity index (χ4n) is 1.76. The van der Waals surface area contributed by atoms with Gasteiger partial charge in [-0.15, -0.1) is 0 Å². The van der Waals surface area contributed by atoms with Gasteiger partial charge in [0.15, 0.2) is 0 Å². The van der Waals surface area contributed by atoms with Crippen LogP contribution in [0.3, 0.4) is 0 Å². The molecule has 16 heavy (non-hydrogen) atoms. The quantitative estimate of drug-likeness (QED) is 0.785. The average molecular weight is 214 g/mol. The Balaban J connectivity index is 2.99. The van der Waals surface area contributed by atoms with Crippen LogP contribution in [0.5, 0.6) is 5.75 Å². The van der Waals surface area contributed by atoms with Crippen LogP contribution in [-0.4, -0.2) is 12.1 Å². The Bertz CT molecular complexity index is 650. The Morgan fingerprint density at radius 3 is 2.81 bits per heavy atom. The Labute approximate surface area is 92.1 Å². The number of aromatic nitrogens is 1. The number of benzene rings is 1. The molecule has 4 heteroatoms. The minimum atomic E-state index is -0.378. The van der Waals surface area contributed by atoms with Crippen LogP contribution < -0.4 is 10.3 Å². The molecule has 0 aliphatic carbocycles. The highest BCUT2D eigenvalue weighted by atomic mass is 16.5. The maximum absolute atomic E-state index is 11.6. The van der Waals surface area contributed by atoms with Gasteiger partial charge in [0.05, 0.1) is 12.6 Å².